The van der Waals surface area contributed by atoms with Gasteiger partial charge in [0.1, 0.15) is 5.75 Å². The van der Waals surface area contributed by atoms with E-state index in [0.717, 1.165) is 37.2 Å². The Morgan fingerprint density at radius 1 is 1.44 bits per heavy atom. The monoisotopic (exact) mass is 248 g/mol. The van der Waals surface area contributed by atoms with Crippen LogP contribution in [0, 0.1) is 0 Å². The van der Waals surface area contributed by atoms with Crippen molar-refractivity contribution in [3.63, 3.8) is 0 Å². The van der Waals surface area contributed by atoms with Gasteiger partial charge in [0.2, 0.25) is 5.91 Å². The second kappa shape index (κ2) is 6.40. The van der Waals surface area contributed by atoms with Crippen LogP contribution >= 0.6 is 0 Å². The van der Waals surface area contributed by atoms with Crippen molar-refractivity contribution in [1.82, 2.24) is 10.6 Å². The first kappa shape index (κ1) is 12.9. The first-order valence-electron chi connectivity index (χ1n) is 6.41. The van der Waals surface area contributed by atoms with Gasteiger partial charge in [0.15, 0.2) is 0 Å². The predicted molar refractivity (Wildman–Crippen MR) is 70.5 cm³/mol. The molecule has 1 fully saturated rings. The Morgan fingerprint density at radius 2 is 2.28 bits per heavy atom. The maximum atomic E-state index is 11.5. The third kappa shape index (κ3) is 3.47. The van der Waals surface area contributed by atoms with Crippen LogP contribution in [-0.2, 0) is 11.3 Å². The Balaban J connectivity index is 1.92. The van der Waals surface area contributed by atoms with E-state index < -0.39 is 0 Å². The smallest absolute Gasteiger partial charge is 0.221 e. The summed E-state index contributed by atoms with van der Waals surface area (Å²) in [5.41, 5.74) is 1.13. The normalized spacial score (nSPS) is 20.1. The molecule has 1 heterocycles. The van der Waals surface area contributed by atoms with Crippen molar-refractivity contribution in [2.45, 2.75) is 31.8 Å². The highest BCUT2D eigenvalue weighted by molar-refractivity contribution is 5.76. The van der Waals surface area contributed by atoms with Gasteiger partial charge in [-0.25, -0.2) is 0 Å². The molecular formula is C14H20N2O2. The maximum absolute atomic E-state index is 11.5. The SMILES string of the molecule is COc1ccccc1CN[C@H]1CCCNC(=O)C1. The van der Waals surface area contributed by atoms with Crippen LogP contribution in [0.4, 0.5) is 0 Å². The number of hydrogen-bond acceptors (Lipinski definition) is 3. The summed E-state index contributed by atoms with van der Waals surface area (Å²) in [5, 5.41) is 6.33. The largest absolute Gasteiger partial charge is 0.496 e. The van der Waals surface area contributed by atoms with E-state index in [2.05, 4.69) is 10.6 Å². The van der Waals surface area contributed by atoms with Crippen molar-refractivity contribution >= 4 is 5.91 Å². The molecule has 0 spiro atoms. The molecule has 4 heteroatoms. The number of rotatable bonds is 4. The molecule has 0 unspecified atom stereocenters. The van der Waals surface area contributed by atoms with Crippen molar-refractivity contribution in [2.24, 2.45) is 0 Å². The molecule has 1 aromatic rings. The molecule has 1 atom stereocenters. The van der Waals surface area contributed by atoms with Gasteiger partial charge in [0.25, 0.3) is 0 Å². The average Bonchev–Trinajstić information content (AvgIpc) is 2.61. The van der Waals surface area contributed by atoms with Crippen LogP contribution in [0.1, 0.15) is 24.8 Å². The van der Waals surface area contributed by atoms with E-state index in [4.69, 9.17) is 4.74 Å². The number of para-hydroxylation sites is 1. The fourth-order valence-corrected chi connectivity index (χ4v) is 2.25. The van der Waals surface area contributed by atoms with E-state index in [0.29, 0.717) is 6.42 Å². The number of hydrogen-bond donors (Lipinski definition) is 2. The van der Waals surface area contributed by atoms with Crippen LogP contribution in [0.5, 0.6) is 5.75 Å². The molecule has 1 aliphatic heterocycles. The highest BCUT2D eigenvalue weighted by Crippen LogP contribution is 2.17. The van der Waals surface area contributed by atoms with E-state index in [1.165, 1.54) is 0 Å². The third-order valence-corrected chi connectivity index (χ3v) is 3.26. The van der Waals surface area contributed by atoms with Crippen LogP contribution in [-0.4, -0.2) is 25.6 Å². The summed E-state index contributed by atoms with van der Waals surface area (Å²) in [4.78, 5) is 11.5. The molecule has 0 aromatic heterocycles. The lowest BCUT2D eigenvalue weighted by Crippen LogP contribution is -2.32. The van der Waals surface area contributed by atoms with Gasteiger partial charge in [-0.05, 0) is 18.9 Å². The standard InChI is InChI=1S/C14H20N2O2/c1-18-13-7-3-2-5-11(13)10-16-12-6-4-8-15-14(17)9-12/h2-3,5,7,12,16H,4,6,8-10H2,1H3,(H,15,17)/t12-/m0/s1. The Kier molecular flexibility index (Phi) is 4.59. The van der Waals surface area contributed by atoms with Crippen LogP contribution < -0.4 is 15.4 Å². The molecule has 1 aliphatic rings. The Morgan fingerprint density at radius 3 is 3.11 bits per heavy atom. The first-order chi connectivity index (χ1) is 8.79. The van der Waals surface area contributed by atoms with Crippen molar-refractivity contribution in [2.75, 3.05) is 13.7 Å². The Hall–Kier alpha value is -1.55. The lowest BCUT2D eigenvalue weighted by molar-refractivity contribution is -0.121. The summed E-state index contributed by atoms with van der Waals surface area (Å²) in [5.74, 6) is 1.04. The number of nitrogens with one attached hydrogen (secondary N) is 2. The molecular weight excluding hydrogens is 228 g/mol. The topological polar surface area (TPSA) is 50.4 Å². The van der Waals surface area contributed by atoms with Gasteiger partial charge in [-0.2, -0.15) is 0 Å². The molecule has 0 radical (unpaired) electrons. The zero-order valence-electron chi connectivity index (χ0n) is 10.7. The number of carbonyl (C=O) groups is 1. The number of amides is 1. The van der Waals surface area contributed by atoms with Crippen LogP contribution in [0.25, 0.3) is 0 Å². The van der Waals surface area contributed by atoms with Crippen molar-refractivity contribution in [3.8, 4) is 5.75 Å². The summed E-state index contributed by atoms with van der Waals surface area (Å²) in [6.07, 6.45) is 2.64. The molecule has 4 nitrogen and oxygen atoms in total. The number of benzene rings is 1. The average molecular weight is 248 g/mol. The van der Waals surface area contributed by atoms with E-state index in [1.54, 1.807) is 7.11 Å². The fourth-order valence-electron chi connectivity index (χ4n) is 2.25. The molecule has 0 bridgehead atoms. The summed E-state index contributed by atoms with van der Waals surface area (Å²) in [7, 11) is 1.68. The minimum absolute atomic E-state index is 0.144. The van der Waals surface area contributed by atoms with Crippen LogP contribution in [0.15, 0.2) is 24.3 Å². The van der Waals surface area contributed by atoms with E-state index >= 15 is 0 Å². The van der Waals surface area contributed by atoms with E-state index in [-0.39, 0.29) is 11.9 Å². The molecule has 98 valence electrons. The number of ether oxygens (including phenoxy) is 1. The van der Waals surface area contributed by atoms with Crippen molar-refractivity contribution < 1.29 is 9.53 Å². The second-order valence-electron chi connectivity index (χ2n) is 4.59. The molecule has 2 N–H and O–H groups in total. The molecule has 0 aliphatic carbocycles. The highest BCUT2D eigenvalue weighted by Gasteiger charge is 2.16. The van der Waals surface area contributed by atoms with Gasteiger partial charge in [-0.15, -0.1) is 0 Å². The molecule has 18 heavy (non-hydrogen) atoms. The predicted octanol–water partition coefficient (Wildman–Crippen LogP) is 1.45. The minimum Gasteiger partial charge on any atom is -0.496 e. The molecule has 0 saturated carbocycles. The van der Waals surface area contributed by atoms with E-state index in [1.807, 2.05) is 24.3 Å². The van der Waals surface area contributed by atoms with Crippen molar-refractivity contribution in [3.05, 3.63) is 29.8 Å². The van der Waals surface area contributed by atoms with Gasteiger partial charge >= 0.3 is 0 Å². The summed E-state index contributed by atoms with van der Waals surface area (Å²) in [6.45, 7) is 1.54. The molecule has 1 saturated heterocycles. The van der Waals surface area contributed by atoms with Crippen LogP contribution in [0.3, 0.4) is 0 Å². The molecule has 1 amide bonds. The third-order valence-electron chi connectivity index (χ3n) is 3.26. The number of carbonyl (C=O) groups excluding carboxylic acids is 1. The maximum Gasteiger partial charge on any atom is 0.221 e. The lowest BCUT2D eigenvalue weighted by Gasteiger charge is -2.16. The van der Waals surface area contributed by atoms with Crippen molar-refractivity contribution in [1.29, 1.82) is 0 Å². The van der Waals surface area contributed by atoms with Crippen LogP contribution in [0.2, 0.25) is 0 Å². The van der Waals surface area contributed by atoms with Gasteiger partial charge in [0.05, 0.1) is 7.11 Å². The fraction of sp³-hybridized carbons (Fsp3) is 0.500. The Labute approximate surface area is 108 Å². The van der Waals surface area contributed by atoms with Gasteiger partial charge in [0, 0.05) is 31.1 Å². The zero-order chi connectivity index (χ0) is 12.8. The summed E-state index contributed by atoms with van der Waals surface area (Å²) >= 11 is 0. The van der Waals surface area contributed by atoms with Gasteiger partial charge in [-0.1, -0.05) is 18.2 Å². The summed E-state index contributed by atoms with van der Waals surface area (Å²) in [6, 6.07) is 8.22. The van der Waals surface area contributed by atoms with E-state index in [9.17, 15) is 4.79 Å². The quantitative estimate of drug-likeness (QED) is 0.848. The highest BCUT2D eigenvalue weighted by atomic mass is 16.5. The minimum atomic E-state index is 0.144. The summed E-state index contributed by atoms with van der Waals surface area (Å²) < 4.78 is 5.31. The molecule has 2 rings (SSSR count). The number of methoxy groups -OCH3 is 1. The second-order valence-corrected chi connectivity index (χ2v) is 4.59. The first-order valence-corrected chi connectivity index (χ1v) is 6.41. The zero-order valence-corrected chi connectivity index (χ0v) is 10.7. The molecule has 1 aromatic carbocycles. The van der Waals surface area contributed by atoms with Gasteiger partial charge < -0.3 is 15.4 Å². The lowest BCUT2D eigenvalue weighted by atomic mass is 10.1. The Bertz CT molecular complexity index is 407. The van der Waals surface area contributed by atoms with Gasteiger partial charge in [-0.3, -0.25) is 4.79 Å².